The maximum absolute atomic E-state index is 12.8. The molecule has 0 fully saturated rings. The van der Waals surface area contributed by atoms with Gasteiger partial charge in [-0.15, -0.1) is 0 Å². The first kappa shape index (κ1) is 21.5. The average molecular weight is 383 g/mol. The van der Waals surface area contributed by atoms with Crippen molar-refractivity contribution < 1.29 is 14.3 Å². The molecule has 0 spiro atoms. The van der Waals surface area contributed by atoms with E-state index in [0.29, 0.717) is 13.0 Å². The first-order valence-electron chi connectivity index (χ1n) is 9.60. The van der Waals surface area contributed by atoms with E-state index in [1.807, 2.05) is 56.3 Å². The van der Waals surface area contributed by atoms with Gasteiger partial charge in [0.1, 0.15) is 11.2 Å². The summed E-state index contributed by atoms with van der Waals surface area (Å²) in [7, 11) is 1.63. The molecule has 0 radical (unpaired) electrons. The van der Waals surface area contributed by atoms with Crippen LogP contribution in [0.15, 0.2) is 42.5 Å². The molecule has 5 nitrogen and oxygen atoms in total. The molecule has 0 atom stereocenters. The number of methoxy groups -OCH3 is 1. The lowest BCUT2D eigenvalue weighted by molar-refractivity contribution is -0.138. The molecule has 2 aromatic carbocycles. The van der Waals surface area contributed by atoms with Gasteiger partial charge in [-0.05, 0) is 62.4 Å². The van der Waals surface area contributed by atoms with Gasteiger partial charge in [0.05, 0.1) is 7.11 Å². The van der Waals surface area contributed by atoms with E-state index in [1.54, 1.807) is 21.0 Å². The molecule has 0 aromatic heterocycles. The van der Waals surface area contributed by atoms with Crippen molar-refractivity contribution in [3.05, 3.63) is 59.2 Å². The Morgan fingerprint density at radius 3 is 2.46 bits per heavy atom. The van der Waals surface area contributed by atoms with Crippen LogP contribution in [0, 0.1) is 12.3 Å². The lowest BCUT2D eigenvalue weighted by atomic mass is 9.90. The zero-order valence-electron chi connectivity index (χ0n) is 17.4. The van der Waals surface area contributed by atoms with Crippen LogP contribution in [0.1, 0.15) is 37.5 Å². The zero-order chi connectivity index (χ0) is 20.7. The van der Waals surface area contributed by atoms with Gasteiger partial charge in [-0.25, -0.2) is 0 Å². The van der Waals surface area contributed by atoms with Crippen molar-refractivity contribution in [3.63, 3.8) is 0 Å². The normalized spacial score (nSPS) is 11.0. The fourth-order valence-corrected chi connectivity index (χ4v) is 2.94. The second-order valence-corrected chi connectivity index (χ2v) is 7.40. The number of rotatable bonds is 8. The second kappa shape index (κ2) is 9.40. The summed E-state index contributed by atoms with van der Waals surface area (Å²) in [5.41, 5.74) is 2.73. The Kier molecular flexibility index (Phi) is 7.21. The standard InChI is InChI=1S/C23H30N2O3/c1-6-18-11-7-9-16(2)20(18)25-22(27)23(3,4)21(26)24-14-13-17-10-8-12-19(15-17)28-5/h7-12,15H,6,13-14H2,1-5H3,(H,24,26)(H,25,27). The molecule has 5 heteroatoms. The third kappa shape index (κ3) is 5.12. The molecule has 0 unspecified atom stereocenters. The highest BCUT2D eigenvalue weighted by Crippen LogP contribution is 2.25. The van der Waals surface area contributed by atoms with Gasteiger partial charge < -0.3 is 15.4 Å². The SMILES string of the molecule is CCc1cccc(C)c1NC(=O)C(C)(C)C(=O)NCCc1cccc(OC)c1. The minimum Gasteiger partial charge on any atom is -0.497 e. The zero-order valence-corrected chi connectivity index (χ0v) is 17.4. The Hall–Kier alpha value is -2.82. The van der Waals surface area contributed by atoms with Gasteiger partial charge in [0.15, 0.2) is 0 Å². The molecule has 2 rings (SSSR count). The Bertz CT molecular complexity index is 843. The van der Waals surface area contributed by atoms with E-state index in [-0.39, 0.29) is 11.8 Å². The van der Waals surface area contributed by atoms with Gasteiger partial charge in [-0.2, -0.15) is 0 Å². The summed E-state index contributed by atoms with van der Waals surface area (Å²) >= 11 is 0. The Labute approximate surface area is 167 Å². The minimum atomic E-state index is -1.18. The molecular formula is C23H30N2O3. The monoisotopic (exact) mass is 382 g/mol. The Balaban J connectivity index is 1.98. The molecule has 28 heavy (non-hydrogen) atoms. The number of hydrogen-bond donors (Lipinski definition) is 2. The van der Waals surface area contributed by atoms with Gasteiger partial charge in [0.25, 0.3) is 0 Å². The molecule has 0 aliphatic carbocycles. The Morgan fingerprint density at radius 2 is 1.79 bits per heavy atom. The van der Waals surface area contributed by atoms with Crippen LogP contribution in [0.2, 0.25) is 0 Å². The van der Waals surface area contributed by atoms with Crippen LogP contribution in [0.3, 0.4) is 0 Å². The maximum atomic E-state index is 12.8. The van der Waals surface area contributed by atoms with Crippen LogP contribution in [0.4, 0.5) is 5.69 Å². The van der Waals surface area contributed by atoms with Crippen molar-refractivity contribution in [1.82, 2.24) is 5.32 Å². The average Bonchev–Trinajstić information content (AvgIpc) is 2.69. The van der Waals surface area contributed by atoms with Crippen molar-refractivity contribution >= 4 is 17.5 Å². The lowest BCUT2D eigenvalue weighted by Gasteiger charge is -2.24. The van der Waals surface area contributed by atoms with E-state index < -0.39 is 5.41 Å². The number of ether oxygens (including phenoxy) is 1. The number of carbonyl (C=O) groups excluding carboxylic acids is 2. The lowest BCUT2D eigenvalue weighted by Crippen LogP contribution is -2.45. The van der Waals surface area contributed by atoms with Crippen molar-refractivity contribution in [2.75, 3.05) is 19.0 Å². The van der Waals surface area contributed by atoms with Crippen LogP contribution < -0.4 is 15.4 Å². The van der Waals surface area contributed by atoms with Gasteiger partial charge in [-0.1, -0.05) is 37.3 Å². The van der Waals surface area contributed by atoms with E-state index in [2.05, 4.69) is 10.6 Å². The second-order valence-electron chi connectivity index (χ2n) is 7.40. The fourth-order valence-electron chi connectivity index (χ4n) is 2.94. The topological polar surface area (TPSA) is 67.4 Å². The molecule has 0 aliphatic rings. The number of para-hydroxylation sites is 1. The van der Waals surface area contributed by atoms with Gasteiger partial charge in [0.2, 0.25) is 11.8 Å². The number of aryl methyl sites for hydroxylation is 2. The van der Waals surface area contributed by atoms with Gasteiger partial charge in [-0.3, -0.25) is 9.59 Å². The summed E-state index contributed by atoms with van der Waals surface area (Å²) in [4.78, 5) is 25.5. The summed E-state index contributed by atoms with van der Waals surface area (Å²) in [6.45, 7) is 7.74. The molecule has 0 saturated heterocycles. The predicted octanol–water partition coefficient (Wildman–Crippen LogP) is 3.89. The summed E-state index contributed by atoms with van der Waals surface area (Å²) in [5.74, 6) is 0.184. The molecule has 150 valence electrons. The van der Waals surface area contributed by atoms with Crippen LogP contribution in [0.25, 0.3) is 0 Å². The molecule has 0 bridgehead atoms. The van der Waals surface area contributed by atoms with E-state index in [4.69, 9.17) is 4.74 Å². The fraction of sp³-hybridized carbons (Fsp3) is 0.391. The van der Waals surface area contributed by atoms with Crippen LogP contribution >= 0.6 is 0 Å². The third-order valence-corrected chi connectivity index (χ3v) is 4.95. The third-order valence-electron chi connectivity index (χ3n) is 4.95. The highest BCUT2D eigenvalue weighted by atomic mass is 16.5. The quantitative estimate of drug-likeness (QED) is 0.681. The number of nitrogens with one attached hydrogen (secondary N) is 2. The van der Waals surface area contributed by atoms with Crippen LogP contribution in [0.5, 0.6) is 5.75 Å². The molecule has 0 heterocycles. The van der Waals surface area contributed by atoms with Crippen molar-refractivity contribution in [2.24, 2.45) is 5.41 Å². The van der Waals surface area contributed by atoms with Gasteiger partial charge >= 0.3 is 0 Å². The summed E-state index contributed by atoms with van der Waals surface area (Å²) in [5, 5.41) is 5.84. The molecule has 0 saturated carbocycles. The largest absolute Gasteiger partial charge is 0.497 e. The first-order chi connectivity index (χ1) is 13.3. The molecule has 0 aliphatic heterocycles. The molecular weight excluding hydrogens is 352 g/mol. The number of benzene rings is 2. The van der Waals surface area contributed by atoms with E-state index in [1.165, 1.54) is 0 Å². The van der Waals surface area contributed by atoms with Crippen molar-refractivity contribution in [1.29, 1.82) is 0 Å². The number of anilines is 1. The number of amides is 2. The highest BCUT2D eigenvalue weighted by Gasteiger charge is 2.36. The van der Waals surface area contributed by atoms with Crippen molar-refractivity contribution in [2.45, 2.75) is 40.5 Å². The summed E-state index contributed by atoms with van der Waals surface area (Å²) in [6.07, 6.45) is 1.48. The Morgan fingerprint density at radius 1 is 1.07 bits per heavy atom. The minimum absolute atomic E-state index is 0.292. The summed E-state index contributed by atoms with van der Waals surface area (Å²) < 4.78 is 5.21. The molecule has 2 N–H and O–H groups in total. The molecule has 2 amide bonds. The van der Waals surface area contributed by atoms with E-state index >= 15 is 0 Å². The smallest absolute Gasteiger partial charge is 0.239 e. The summed E-state index contributed by atoms with van der Waals surface area (Å²) in [6, 6.07) is 13.6. The van der Waals surface area contributed by atoms with Gasteiger partial charge in [0, 0.05) is 12.2 Å². The van der Waals surface area contributed by atoms with E-state index in [0.717, 1.165) is 34.5 Å². The van der Waals surface area contributed by atoms with Crippen LogP contribution in [-0.2, 0) is 22.4 Å². The highest BCUT2D eigenvalue weighted by molar-refractivity contribution is 6.10. The van der Waals surface area contributed by atoms with Crippen LogP contribution in [-0.4, -0.2) is 25.5 Å². The van der Waals surface area contributed by atoms with E-state index in [9.17, 15) is 9.59 Å². The number of hydrogen-bond acceptors (Lipinski definition) is 3. The van der Waals surface area contributed by atoms with Crippen molar-refractivity contribution in [3.8, 4) is 5.75 Å². The number of carbonyl (C=O) groups is 2. The maximum Gasteiger partial charge on any atom is 0.239 e. The molecule has 2 aromatic rings. The predicted molar refractivity (Wildman–Crippen MR) is 113 cm³/mol. The first-order valence-corrected chi connectivity index (χ1v) is 9.60.